The Morgan fingerprint density at radius 2 is 2.32 bits per heavy atom. The normalized spacial score (nSPS) is 20.0. The molecule has 0 aliphatic carbocycles. The molecule has 1 fully saturated rings. The fourth-order valence-corrected chi connectivity index (χ4v) is 3.35. The second-order valence-corrected chi connectivity index (χ2v) is 6.10. The molecule has 1 N–H and O–H groups in total. The van der Waals surface area contributed by atoms with Crippen LogP contribution in [-0.4, -0.2) is 46.6 Å². The number of hydrogen-bond acceptors (Lipinski definition) is 5. The minimum Gasteiger partial charge on any atom is -0.334 e. The van der Waals surface area contributed by atoms with Crippen LogP contribution in [0.1, 0.15) is 54.4 Å². The summed E-state index contributed by atoms with van der Waals surface area (Å²) < 4.78 is 3.96. The lowest BCUT2D eigenvalue weighted by Crippen LogP contribution is -2.48. The molecule has 1 unspecified atom stereocenters. The van der Waals surface area contributed by atoms with Gasteiger partial charge in [0.2, 0.25) is 0 Å². The first-order valence-electron chi connectivity index (χ1n) is 6.93. The van der Waals surface area contributed by atoms with Crippen molar-refractivity contribution >= 4 is 17.4 Å². The minimum absolute atomic E-state index is 0.110. The van der Waals surface area contributed by atoms with E-state index in [9.17, 15) is 4.79 Å². The van der Waals surface area contributed by atoms with Gasteiger partial charge in [-0.25, -0.2) is 0 Å². The fraction of sp³-hybridized carbons (Fsp3) is 0.769. The number of piperidine rings is 1. The summed E-state index contributed by atoms with van der Waals surface area (Å²) in [6.45, 7) is 5.80. The average molecular weight is 282 g/mol. The van der Waals surface area contributed by atoms with E-state index in [1.54, 1.807) is 0 Å². The standard InChI is InChI=1S/C13H22N4OS/c1-9(2)11-12(19-16-15-11)13(18)17-7-5-4-6-10(17)8-14-3/h9-10,14H,4-8H2,1-3H3. The molecule has 0 aromatic carbocycles. The van der Waals surface area contributed by atoms with Crippen molar-refractivity contribution < 1.29 is 4.79 Å². The minimum atomic E-state index is 0.110. The van der Waals surface area contributed by atoms with Gasteiger partial charge < -0.3 is 10.2 Å². The second-order valence-electron chi connectivity index (χ2n) is 5.35. The van der Waals surface area contributed by atoms with E-state index in [1.165, 1.54) is 18.0 Å². The third kappa shape index (κ3) is 3.12. The lowest BCUT2D eigenvalue weighted by molar-refractivity contribution is 0.0618. The Hall–Kier alpha value is -1.01. The van der Waals surface area contributed by atoms with Crippen LogP contribution in [0.5, 0.6) is 0 Å². The van der Waals surface area contributed by atoms with E-state index < -0.39 is 0 Å². The zero-order valence-electron chi connectivity index (χ0n) is 11.8. The Kier molecular flexibility index (Phi) is 4.87. The zero-order valence-corrected chi connectivity index (χ0v) is 12.7. The molecule has 1 aliphatic rings. The fourth-order valence-electron chi connectivity index (χ4n) is 2.57. The molecule has 0 spiro atoms. The predicted molar refractivity (Wildman–Crippen MR) is 76.6 cm³/mol. The monoisotopic (exact) mass is 282 g/mol. The van der Waals surface area contributed by atoms with Crippen molar-refractivity contribution in [3.8, 4) is 0 Å². The van der Waals surface area contributed by atoms with Gasteiger partial charge in [-0.05, 0) is 43.8 Å². The molecule has 0 radical (unpaired) electrons. The van der Waals surface area contributed by atoms with E-state index in [0.29, 0.717) is 6.04 Å². The average Bonchev–Trinajstić information content (AvgIpc) is 2.88. The molecule has 2 rings (SSSR count). The summed E-state index contributed by atoms with van der Waals surface area (Å²) >= 11 is 1.23. The van der Waals surface area contributed by atoms with Crippen LogP contribution < -0.4 is 5.32 Å². The summed E-state index contributed by atoms with van der Waals surface area (Å²) in [5.41, 5.74) is 0.837. The first-order valence-corrected chi connectivity index (χ1v) is 7.70. The van der Waals surface area contributed by atoms with Gasteiger partial charge in [-0.1, -0.05) is 18.3 Å². The lowest BCUT2D eigenvalue weighted by atomic mass is 10.0. The summed E-state index contributed by atoms with van der Waals surface area (Å²) in [5.74, 6) is 0.351. The SMILES string of the molecule is CNCC1CCCCN1C(=O)c1snnc1C(C)C. The van der Waals surface area contributed by atoms with Gasteiger partial charge in [0.25, 0.3) is 5.91 Å². The van der Waals surface area contributed by atoms with Gasteiger partial charge in [0, 0.05) is 19.1 Å². The van der Waals surface area contributed by atoms with Gasteiger partial charge in [-0.15, -0.1) is 5.10 Å². The Balaban J connectivity index is 2.19. The van der Waals surface area contributed by atoms with Crippen molar-refractivity contribution in [2.45, 2.75) is 45.1 Å². The molecule has 6 heteroatoms. The molecule has 1 aromatic rings. The predicted octanol–water partition coefficient (Wildman–Crippen LogP) is 1.88. The van der Waals surface area contributed by atoms with Gasteiger partial charge in [0.1, 0.15) is 4.88 Å². The number of aromatic nitrogens is 2. The number of rotatable bonds is 4. The Bertz CT molecular complexity index is 430. The number of nitrogens with zero attached hydrogens (tertiary/aromatic N) is 3. The highest BCUT2D eigenvalue weighted by Gasteiger charge is 2.30. The number of carbonyl (C=O) groups is 1. The molecule has 0 saturated carbocycles. The molecule has 1 atom stereocenters. The maximum absolute atomic E-state index is 12.7. The van der Waals surface area contributed by atoms with Gasteiger partial charge in [-0.3, -0.25) is 4.79 Å². The van der Waals surface area contributed by atoms with Crippen molar-refractivity contribution in [2.24, 2.45) is 0 Å². The molecule has 1 amide bonds. The maximum atomic E-state index is 12.7. The first kappa shape index (κ1) is 14.4. The van der Waals surface area contributed by atoms with Crippen LogP contribution in [0, 0.1) is 0 Å². The van der Waals surface area contributed by atoms with Crippen molar-refractivity contribution in [1.82, 2.24) is 19.8 Å². The number of nitrogens with one attached hydrogen (secondary N) is 1. The van der Waals surface area contributed by atoms with Crippen LogP contribution >= 0.6 is 11.5 Å². The van der Waals surface area contributed by atoms with Crippen LogP contribution in [0.15, 0.2) is 0 Å². The molecular formula is C13H22N4OS. The third-order valence-electron chi connectivity index (χ3n) is 3.58. The topological polar surface area (TPSA) is 58.1 Å². The Morgan fingerprint density at radius 1 is 1.53 bits per heavy atom. The molecule has 0 bridgehead atoms. The van der Waals surface area contributed by atoms with Crippen molar-refractivity contribution in [3.63, 3.8) is 0 Å². The molecule has 5 nitrogen and oxygen atoms in total. The van der Waals surface area contributed by atoms with Crippen LogP contribution in [0.4, 0.5) is 0 Å². The van der Waals surface area contributed by atoms with Crippen LogP contribution in [0.3, 0.4) is 0 Å². The van der Waals surface area contributed by atoms with E-state index >= 15 is 0 Å². The van der Waals surface area contributed by atoms with E-state index in [1.807, 2.05) is 11.9 Å². The van der Waals surface area contributed by atoms with Crippen molar-refractivity contribution in [2.75, 3.05) is 20.1 Å². The zero-order chi connectivity index (χ0) is 13.8. The molecule has 19 heavy (non-hydrogen) atoms. The van der Waals surface area contributed by atoms with Gasteiger partial charge in [0.05, 0.1) is 5.69 Å². The molecular weight excluding hydrogens is 260 g/mol. The van der Waals surface area contributed by atoms with Gasteiger partial charge in [-0.2, -0.15) is 0 Å². The summed E-state index contributed by atoms with van der Waals surface area (Å²) in [5, 5.41) is 7.29. The van der Waals surface area contributed by atoms with E-state index in [2.05, 4.69) is 28.8 Å². The summed E-state index contributed by atoms with van der Waals surface area (Å²) in [6, 6.07) is 0.299. The Labute approximate surface area is 118 Å². The van der Waals surface area contributed by atoms with E-state index in [4.69, 9.17) is 0 Å². The maximum Gasteiger partial charge on any atom is 0.267 e. The van der Waals surface area contributed by atoms with E-state index in [-0.39, 0.29) is 11.8 Å². The number of amides is 1. The summed E-state index contributed by atoms with van der Waals surface area (Å²) in [7, 11) is 1.94. The third-order valence-corrected chi connectivity index (χ3v) is 4.31. The summed E-state index contributed by atoms with van der Waals surface area (Å²) in [6.07, 6.45) is 3.37. The van der Waals surface area contributed by atoms with Crippen LogP contribution in [0.25, 0.3) is 0 Å². The molecule has 1 saturated heterocycles. The quantitative estimate of drug-likeness (QED) is 0.916. The Morgan fingerprint density at radius 3 is 3.00 bits per heavy atom. The summed E-state index contributed by atoms with van der Waals surface area (Å²) in [4.78, 5) is 15.4. The van der Waals surface area contributed by atoms with Gasteiger partial charge in [0.15, 0.2) is 0 Å². The highest BCUT2D eigenvalue weighted by Crippen LogP contribution is 2.25. The lowest BCUT2D eigenvalue weighted by Gasteiger charge is -2.35. The highest BCUT2D eigenvalue weighted by atomic mass is 32.1. The van der Waals surface area contributed by atoms with Crippen LogP contribution in [0.2, 0.25) is 0 Å². The largest absolute Gasteiger partial charge is 0.334 e. The van der Waals surface area contributed by atoms with Crippen LogP contribution in [-0.2, 0) is 0 Å². The number of carbonyl (C=O) groups excluding carboxylic acids is 1. The highest BCUT2D eigenvalue weighted by molar-refractivity contribution is 7.08. The molecule has 106 valence electrons. The number of likely N-dealkylation sites (N-methyl/N-ethyl adjacent to an activating group) is 1. The first-order chi connectivity index (χ1) is 9.15. The second kappa shape index (κ2) is 6.43. The number of hydrogen-bond donors (Lipinski definition) is 1. The molecule has 1 aliphatic heterocycles. The van der Waals surface area contributed by atoms with Gasteiger partial charge >= 0.3 is 0 Å². The van der Waals surface area contributed by atoms with E-state index in [0.717, 1.165) is 36.5 Å². The van der Waals surface area contributed by atoms with Crippen molar-refractivity contribution in [3.05, 3.63) is 10.6 Å². The molecule has 1 aromatic heterocycles. The molecule has 2 heterocycles. The van der Waals surface area contributed by atoms with Crippen molar-refractivity contribution in [1.29, 1.82) is 0 Å². The smallest absolute Gasteiger partial charge is 0.267 e. The number of likely N-dealkylation sites (tertiary alicyclic amines) is 1.